The third kappa shape index (κ3) is 4.52. The smallest absolute Gasteiger partial charge is 0.321 e. The molecule has 3 rings (SSSR count). The monoisotopic (exact) mass is 355 g/mol. The number of urea groups is 1. The van der Waals surface area contributed by atoms with Gasteiger partial charge in [-0.1, -0.05) is 12.1 Å². The maximum Gasteiger partial charge on any atom is 0.321 e. The fourth-order valence-corrected chi connectivity index (χ4v) is 3.43. The van der Waals surface area contributed by atoms with Crippen molar-refractivity contribution in [1.82, 2.24) is 14.7 Å². The van der Waals surface area contributed by atoms with Gasteiger partial charge in [0.1, 0.15) is 6.07 Å². The van der Waals surface area contributed by atoms with E-state index in [0.29, 0.717) is 44.0 Å². The molecule has 2 aliphatic rings. The van der Waals surface area contributed by atoms with Crippen molar-refractivity contribution >= 4 is 17.6 Å². The van der Waals surface area contributed by atoms with Crippen molar-refractivity contribution in [3.05, 3.63) is 29.8 Å². The number of carbonyl (C=O) groups excluding carboxylic acids is 2. The van der Waals surface area contributed by atoms with Gasteiger partial charge in [0.25, 0.3) is 0 Å². The van der Waals surface area contributed by atoms with Crippen LogP contribution in [0.25, 0.3) is 0 Å². The van der Waals surface area contributed by atoms with Gasteiger partial charge in [-0.25, -0.2) is 4.79 Å². The molecule has 0 saturated carbocycles. The number of amides is 3. The predicted molar refractivity (Wildman–Crippen MR) is 98.6 cm³/mol. The first kappa shape index (κ1) is 18.2. The van der Waals surface area contributed by atoms with Gasteiger partial charge in [0.2, 0.25) is 5.91 Å². The van der Waals surface area contributed by atoms with Gasteiger partial charge < -0.3 is 15.1 Å². The van der Waals surface area contributed by atoms with Gasteiger partial charge >= 0.3 is 6.03 Å². The van der Waals surface area contributed by atoms with E-state index in [0.717, 1.165) is 25.9 Å². The second-order valence-electron chi connectivity index (χ2n) is 6.79. The molecular weight excluding hydrogens is 330 g/mol. The highest BCUT2D eigenvalue weighted by atomic mass is 16.2. The van der Waals surface area contributed by atoms with E-state index in [1.807, 2.05) is 4.90 Å². The number of piperidine rings is 1. The van der Waals surface area contributed by atoms with E-state index in [2.05, 4.69) is 16.3 Å². The lowest BCUT2D eigenvalue weighted by atomic mass is 10.1. The van der Waals surface area contributed by atoms with Crippen LogP contribution < -0.4 is 5.32 Å². The normalized spacial score (nSPS) is 18.3. The summed E-state index contributed by atoms with van der Waals surface area (Å²) in [6, 6.07) is 8.85. The molecule has 0 radical (unpaired) electrons. The Morgan fingerprint density at radius 1 is 0.962 bits per heavy atom. The number of nitrogens with one attached hydrogen (secondary N) is 1. The molecule has 1 aromatic carbocycles. The number of para-hydroxylation sites is 1. The molecule has 0 spiro atoms. The van der Waals surface area contributed by atoms with Crippen LogP contribution in [0.15, 0.2) is 24.3 Å². The number of piperazine rings is 1. The molecule has 26 heavy (non-hydrogen) atoms. The predicted octanol–water partition coefficient (Wildman–Crippen LogP) is 1.72. The first-order valence-corrected chi connectivity index (χ1v) is 9.22. The van der Waals surface area contributed by atoms with Crippen LogP contribution in [0.2, 0.25) is 0 Å². The quantitative estimate of drug-likeness (QED) is 0.895. The third-order valence-corrected chi connectivity index (χ3v) is 5.02. The van der Waals surface area contributed by atoms with E-state index in [1.165, 1.54) is 6.42 Å². The minimum absolute atomic E-state index is 0.199. The summed E-state index contributed by atoms with van der Waals surface area (Å²) >= 11 is 0. The molecule has 2 saturated heterocycles. The lowest BCUT2D eigenvalue weighted by Crippen LogP contribution is -2.52. The Balaban J connectivity index is 1.46. The second-order valence-corrected chi connectivity index (χ2v) is 6.79. The SMILES string of the molecule is N#Cc1ccccc1NC(=O)N1CCN(CC(=O)N2CCCCC2)CC1. The number of likely N-dealkylation sites (tertiary alicyclic amines) is 1. The van der Waals surface area contributed by atoms with Gasteiger partial charge in [0.05, 0.1) is 17.8 Å². The average molecular weight is 355 g/mol. The Labute approximate surface area is 154 Å². The molecule has 2 fully saturated rings. The van der Waals surface area contributed by atoms with Gasteiger partial charge in [-0.2, -0.15) is 5.26 Å². The van der Waals surface area contributed by atoms with Crippen LogP contribution >= 0.6 is 0 Å². The molecule has 0 aliphatic carbocycles. The fraction of sp³-hybridized carbons (Fsp3) is 0.526. The maximum atomic E-state index is 12.4. The largest absolute Gasteiger partial charge is 0.342 e. The highest BCUT2D eigenvalue weighted by Crippen LogP contribution is 2.15. The fourth-order valence-electron chi connectivity index (χ4n) is 3.43. The zero-order chi connectivity index (χ0) is 18.4. The zero-order valence-corrected chi connectivity index (χ0v) is 15.0. The van der Waals surface area contributed by atoms with Gasteiger partial charge in [0.15, 0.2) is 0 Å². The molecule has 7 heteroatoms. The molecule has 7 nitrogen and oxygen atoms in total. The summed E-state index contributed by atoms with van der Waals surface area (Å²) in [4.78, 5) is 30.6. The lowest BCUT2D eigenvalue weighted by molar-refractivity contribution is -0.133. The molecule has 1 aromatic rings. The van der Waals surface area contributed by atoms with E-state index in [1.54, 1.807) is 29.2 Å². The highest BCUT2D eigenvalue weighted by Gasteiger charge is 2.25. The van der Waals surface area contributed by atoms with E-state index < -0.39 is 0 Å². The van der Waals surface area contributed by atoms with Gasteiger partial charge in [0, 0.05) is 39.3 Å². The number of benzene rings is 1. The van der Waals surface area contributed by atoms with Crippen LogP contribution in [0.5, 0.6) is 0 Å². The molecule has 0 unspecified atom stereocenters. The minimum Gasteiger partial charge on any atom is -0.342 e. The number of nitrogens with zero attached hydrogens (tertiary/aromatic N) is 4. The molecule has 0 bridgehead atoms. The Morgan fingerprint density at radius 3 is 2.35 bits per heavy atom. The molecule has 2 aliphatic heterocycles. The van der Waals surface area contributed by atoms with E-state index in [9.17, 15) is 9.59 Å². The standard InChI is InChI=1S/C19H25N5O2/c20-14-16-6-2-3-7-17(16)21-19(26)24-12-10-22(11-13-24)15-18(25)23-8-4-1-5-9-23/h2-3,6-7H,1,4-5,8-13,15H2,(H,21,26). The van der Waals surface area contributed by atoms with Crippen molar-refractivity contribution in [2.75, 3.05) is 51.1 Å². The Kier molecular flexibility index (Phi) is 6.08. The number of rotatable bonds is 3. The number of anilines is 1. The molecule has 2 heterocycles. The summed E-state index contributed by atoms with van der Waals surface area (Å²) in [7, 11) is 0. The van der Waals surface area contributed by atoms with Crippen LogP contribution in [0.4, 0.5) is 10.5 Å². The molecule has 138 valence electrons. The van der Waals surface area contributed by atoms with Gasteiger partial charge in [-0.15, -0.1) is 0 Å². The van der Waals surface area contributed by atoms with Gasteiger partial charge in [-0.05, 0) is 31.4 Å². The van der Waals surface area contributed by atoms with E-state index >= 15 is 0 Å². The number of hydrogen-bond acceptors (Lipinski definition) is 4. The minimum atomic E-state index is -0.199. The summed E-state index contributed by atoms with van der Waals surface area (Å²) in [5, 5.41) is 11.9. The molecule has 1 N–H and O–H groups in total. The molecular formula is C19H25N5O2. The zero-order valence-electron chi connectivity index (χ0n) is 15.0. The molecule has 0 aromatic heterocycles. The van der Waals surface area contributed by atoms with Crippen molar-refractivity contribution in [3.8, 4) is 6.07 Å². The van der Waals surface area contributed by atoms with Crippen molar-refractivity contribution < 1.29 is 9.59 Å². The first-order valence-electron chi connectivity index (χ1n) is 9.22. The molecule has 0 atom stereocenters. The van der Waals surface area contributed by atoms with Crippen molar-refractivity contribution in [2.24, 2.45) is 0 Å². The Bertz CT molecular complexity index is 685. The van der Waals surface area contributed by atoms with Crippen LogP contribution in [0.1, 0.15) is 24.8 Å². The van der Waals surface area contributed by atoms with Gasteiger partial charge in [-0.3, -0.25) is 9.69 Å². The summed E-state index contributed by atoms with van der Waals surface area (Å²) in [6.45, 7) is 4.72. The maximum absolute atomic E-state index is 12.4. The van der Waals surface area contributed by atoms with Crippen molar-refractivity contribution in [1.29, 1.82) is 5.26 Å². The average Bonchev–Trinajstić information content (AvgIpc) is 2.69. The summed E-state index contributed by atoms with van der Waals surface area (Å²) < 4.78 is 0. The van der Waals surface area contributed by atoms with Crippen LogP contribution in [0.3, 0.4) is 0 Å². The first-order chi connectivity index (χ1) is 12.7. The van der Waals surface area contributed by atoms with E-state index in [-0.39, 0.29) is 11.9 Å². The van der Waals surface area contributed by atoms with Crippen molar-refractivity contribution in [3.63, 3.8) is 0 Å². The number of nitriles is 1. The second kappa shape index (κ2) is 8.68. The Hall–Kier alpha value is -2.59. The van der Waals surface area contributed by atoms with E-state index in [4.69, 9.17) is 5.26 Å². The summed E-state index contributed by atoms with van der Waals surface area (Å²) in [6.07, 6.45) is 3.42. The van der Waals surface area contributed by atoms with Crippen molar-refractivity contribution in [2.45, 2.75) is 19.3 Å². The lowest BCUT2D eigenvalue weighted by Gasteiger charge is -2.36. The number of carbonyl (C=O) groups is 2. The number of hydrogen-bond donors (Lipinski definition) is 1. The third-order valence-electron chi connectivity index (χ3n) is 5.02. The van der Waals surface area contributed by atoms with Crippen LogP contribution in [-0.2, 0) is 4.79 Å². The van der Waals surface area contributed by atoms with Crippen LogP contribution in [0, 0.1) is 11.3 Å². The Morgan fingerprint density at radius 2 is 1.65 bits per heavy atom. The topological polar surface area (TPSA) is 79.7 Å². The highest BCUT2D eigenvalue weighted by molar-refractivity contribution is 5.90. The summed E-state index contributed by atoms with van der Waals surface area (Å²) in [5.41, 5.74) is 0.981. The molecule has 3 amide bonds. The summed E-state index contributed by atoms with van der Waals surface area (Å²) in [5.74, 6) is 0.200. The van der Waals surface area contributed by atoms with Crippen LogP contribution in [-0.4, -0.2) is 72.5 Å².